The van der Waals surface area contributed by atoms with E-state index in [4.69, 9.17) is 21.1 Å². The summed E-state index contributed by atoms with van der Waals surface area (Å²) < 4.78 is 36.9. The SMILES string of the molecule is CCC(C(=O)NC1CCCCC1)N(Cc1ccc(OC)cc1)C(=O)CCCN(c1ccc(OC)c(Cl)c1)S(C)(=O)=O. The third-order valence-corrected chi connectivity index (χ3v) is 8.91. The Kier molecular flexibility index (Phi) is 12.1. The highest BCUT2D eigenvalue weighted by atomic mass is 35.5. The molecule has 0 bridgehead atoms. The van der Waals surface area contributed by atoms with Crippen molar-refractivity contribution in [3.8, 4) is 11.5 Å². The van der Waals surface area contributed by atoms with Crippen LogP contribution in [0.1, 0.15) is 63.9 Å². The molecule has 0 aliphatic heterocycles. The lowest BCUT2D eigenvalue weighted by Gasteiger charge is -2.33. The van der Waals surface area contributed by atoms with Crippen molar-refractivity contribution in [2.45, 2.75) is 76.9 Å². The number of hydrogen-bond donors (Lipinski definition) is 1. The zero-order chi connectivity index (χ0) is 30.0. The summed E-state index contributed by atoms with van der Waals surface area (Å²) in [4.78, 5) is 28.7. The van der Waals surface area contributed by atoms with Crippen LogP contribution in [0.4, 0.5) is 5.69 Å². The van der Waals surface area contributed by atoms with Gasteiger partial charge in [-0.15, -0.1) is 0 Å². The molecule has 1 aliphatic carbocycles. The van der Waals surface area contributed by atoms with Gasteiger partial charge in [0.1, 0.15) is 17.5 Å². The van der Waals surface area contributed by atoms with E-state index in [0.29, 0.717) is 23.6 Å². The molecule has 2 aromatic carbocycles. The Balaban J connectivity index is 1.77. The summed E-state index contributed by atoms with van der Waals surface area (Å²) in [5.41, 5.74) is 1.26. The molecule has 3 rings (SSSR count). The van der Waals surface area contributed by atoms with Gasteiger partial charge in [0, 0.05) is 25.6 Å². The molecule has 1 unspecified atom stereocenters. The van der Waals surface area contributed by atoms with Gasteiger partial charge >= 0.3 is 0 Å². The molecule has 0 radical (unpaired) electrons. The number of nitrogens with one attached hydrogen (secondary N) is 1. The normalized spacial score (nSPS) is 14.7. The third kappa shape index (κ3) is 9.26. The zero-order valence-electron chi connectivity index (χ0n) is 24.4. The summed E-state index contributed by atoms with van der Waals surface area (Å²) in [7, 11) is -0.571. The zero-order valence-corrected chi connectivity index (χ0v) is 26.0. The predicted octanol–water partition coefficient (Wildman–Crippen LogP) is 5.16. The number of halogens is 1. The van der Waals surface area contributed by atoms with Crippen LogP contribution in [0.3, 0.4) is 0 Å². The molecule has 0 heterocycles. The highest BCUT2D eigenvalue weighted by Gasteiger charge is 2.30. The number of ether oxygens (including phenoxy) is 2. The van der Waals surface area contributed by atoms with Crippen LogP contribution in [0.15, 0.2) is 42.5 Å². The molecular formula is C30H42ClN3O6S. The van der Waals surface area contributed by atoms with E-state index in [1.165, 1.54) is 23.9 Å². The Labute approximate surface area is 249 Å². The van der Waals surface area contributed by atoms with Crippen molar-refractivity contribution in [1.29, 1.82) is 0 Å². The molecule has 1 aliphatic rings. The van der Waals surface area contributed by atoms with Gasteiger partial charge < -0.3 is 19.7 Å². The van der Waals surface area contributed by atoms with Gasteiger partial charge in [-0.3, -0.25) is 13.9 Å². The lowest BCUT2D eigenvalue weighted by Crippen LogP contribution is -2.51. The van der Waals surface area contributed by atoms with Crippen LogP contribution >= 0.6 is 11.6 Å². The lowest BCUT2D eigenvalue weighted by molar-refractivity contribution is -0.141. The van der Waals surface area contributed by atoms with Crippen molar-refractivity contribution in [3.63, 3.8) is 0 Å². The maximum atomic E-state index is 13.7. The van der Waals surface area contributed by atoms with Crippen LogP contribution in [-0.4, -0.2) is 64.2 Å². The summed E-state index contributed by atoms with van der Waals surface area (Å²) in [5.74, 6) is 0.776. The average Bonchev–Trinajstić information content (AvgIpc) is 2.95. The van der Waals surface area contributed by atoms with Crippen molar-refractivity contribution in [2.24, 2.45) is 0 Å². The van der Waals surface area contributed by atoms with E-state index in [2.05, 4.69) is 5.32 Å². The second kappa shape index (κ2) is 15.3. The summed E-state index contributed by atoms with van der Waals surface area (Å²) in [6.45, 7) is 2.23. The molecule has 1 saturated carbocycles. The molecule has 41 heavy (non-hydrogen) atoms. The maximum Gasteiger partial charge on any atom is 0.243 e. The van der Waals surface area contributed by atoms with Gasteiger partial charge in [-0.2, -0.15) is 0 Å². The molecule has 1 fully saturated rings. The Morgan fingerprint density at radius 1 is 1.05 bits per heavy atom. The number of anilines is 1. The van der Waals surface area contributed by atoms with Crippen molar-refractivity contribution in [1.82, 2.24) is 10.2 Å². The third-order valence-electron chi connectivity index (χ3n) is 7.42. The van der Waals surface area contributed by atoms with E-state index < -0.39 is 16.1 Å². The Hall–Kier alpha value is -2.98. The molecule has 9 nitrogen and oxygen atoms in total. The molecule has 1 atom stereocenters. The Morgan fingerprint density at radius 3 is 2.29 bits per heavy atom. The van der Waals surface area contributed by atoms with E-state index in [0.717, 1.165) is 37.5 Å². The molecule has 2 aromatic rings. The Morgan fingerprint density at radius 2 is 1.73 bits per heavy atom. The first-order valence-corrected chi connectivity index (χ1v) is 16.3. The van der Waals surface area contributed by atoms with Crippen LogP contribution in [0, 0.1) is 0 Å². The first kappa shape index (κ1) is 32.5. The number of carbonyl (C=O) groups is 2. The predicted molar refractivity (Wildman–Crippen MR) is 162 cm³/mol. The molecule has 11 heteroatoms. The minimum absolute atomic E-state index is 0.0687. The number of sulfonamides is 1. The van der Waals surface area contributed by atoms with Crippen molar-refractivity contribution < 1.29 is 27.5 Å². The van der Waals surface area contributed by atoms with Crippen LogP contribution in [-0.2, 0) is 26.2 Å². The van der Waals surface area contributed by atoms with Gasteiger partial charge in [0.2, 0.25) is 21.8 Å². The van der Waals surface area contributed by atoms with Crippen LogP contribution < -0.4 is 19.1 Å². The molecular weight excluding hydrogens is 566 g/mol. The number of rotatable bonds is 14. The van der Waals surface area contributed by atoms with Gasteiger partial charge in [-0.05, 0) is 61.6 Å². The fourth-order valence-electron chi connectivity index (χ4n) is 5.21. The summed E-state index contributed by atoms with van der Waals surface area (Å²) >= 11 is 6.24. The molecule has 2 amide bonds. The monoisotopic (exact) mass is 607 g/mol. The van der Waals surface area contributed by atoms with E-state index >= 15 is 0 Å². The first-order chi connectivity index (χ1) is 19.6. The second-order valence-electron chi connectivity index (χ2n) is 10.4. The first-order valence-electron chi connectivity index (χ1n) is 14.1. The van der Waals surface area contributed by atoms with Crippen molar-refractivity contribution in [3.05, 3.63) is 53.1 Å². The lowest BCUT2D eigenvalue weighted by atomic mass is 9.95. The van der Waals surface area contributed by atoms with E-state index in [1.54, 1.807) is 24.1 Å². The van der Waals surface area contributed by atoms with Gasteiger partial charge in [0.05, 0.1) is 31.2 Å². The van der Waals surface area contributed by atoms with Crippen LogP contribution in [0.5, 0.6) is 11.5 Å². The average molecular weight is 608 g/mol. The Bertz CT molecular complexity index is 1270. The number of hydrogen-bond acceptors (Lipinski definition) is 6. The summed E-state index contributed by atoms with van der Waals surface area (Å²) in [6, 6.07) is 11.6. The summed E-state index contributed by atoms with van der Waals surface area (Å²) in [5, 5.41) is 3.46. The summed E-state index contributed by atoms with van der Waals surface area (Å²) in [6.07, 6.45) is 7.16. The topological polar surface area (TPSA) is 105 Å². The van der Waals surface area contributed by atoms with Gasteiger partial charge in [-0.1, -0.05) is 49.9 Å². The number of methoxy groups -OCH3 is 2. The quantitative estimate of drug-likeness (QED) is 0.318. The molecule has 0 saturated heterocycles. The number of nitrogens with zero attached hydrogens (tertiary/aromatic N) is 2. The standard InChI is InChI=1S/C30H42ClN3O6S/c1-5-27(30(36)32-23-10-7-6-8-11-23)33(21-22-13-16-25(39-2)17-14-22)29(35)12-9-19-34(41(4,37)38)24-15-18-28(40-3)26(31)20-24/h13-18,20,23,27H,5-12,19,21H2,1-4H3,(H,32,36). The van der Waals surface area contributed by atoms with Gasteiger partial charge in [-0.25, -0.2) is 8.42 Å². The smallest absolute Gasteiger partial charge is 0.243 e. The number of benzene rings is 2. The van der Waals surface area contributed by atoms with Gasteiger partial charge in [0.15, 0.2) is 0 Å². The maximum absolute atomic E-state index is 13.7. The van der Waals surface area contributed by atoms with Crippen LogP contribution in [0.25, 0.3) is 0 Å². The van der Waals surface area contributed by atoms with Crippen LogP contribution in [0.2, 0.25) is 5.02 Å². The largest absolute Gasteiger partial charge is 0.497 e. The number of amides is 2. The second-order valence-corrected chi connectivity index (χ2v) is 12.7. The fourth-order valence-corrected chi connectivity index (χ4v) is 6.41. The van der Waals surface area contributed by atoms with E-state index in [1.807, 2.05) is 31.2 Å². The van der Waals surface area contributed by atoms with Gasteiger partial charge in [0.25, 0.3) is 0 Å². The van der Waals surface area contributed by atoms with E-state index in [9.17, 15) is 18.0 Å². The van der Waals surface area contributed by atoms with E-state index in [-0.39, 0.29) is 48.8 Å². The minimum Gasteiger partial charge on any atom is -0.497 e. The minimum atomic E-state index is -3.65. The molecule has 0 aromatic heterocycles. The molecule has 226 valence electrons. The molecule has 0 spiro atoms. The molecule has 1 N–H and O–H groups in total. The highest BCUT2D eigenvalue weighted by molar-refractivity contribution is 7.92. The number of carbonyl (C=O) groups excluding carboxylic acids is 2. The van der Waals surface area contributed by atoms with Crippen molar-refractivity contribution >= 4 is 39.1 Å². The highest BCUT2D eigenvalue weighted by Crippen LogP contribution is 2.30. The van der Waals surface area contributed by atoms with Crippen molar-refractivity contribution in [2.75, 3.05) is 31.3 Å². The fraction of sp³-hybridized carbons (Fsp3) is 0.533.